The summed E-state index contributed by atoms with van der Waals surface area (Å²) in [6.07, 6.45) is 1.01. The minimum absolute atomic E-state index is 0.0254. The normalized spacial score (nSPS) is 17.2. The number of amides is 2. The monoisotopic (exact) mass is 393 g/mol. The molecule has 5 heteroatoms. The number of carbonyl (C=O) groups excluding carboxylic acids is 2. The van der Waals surface area contributed by atoms with Crippen LogP contribution >= 0.6 is 0 Å². The number of hydrogen-bond acceptors (Lipinski definition) is 3. The van der Waals surface area contributed by atoms with E-state index in [4.69, 9.17) is 0 Å². The van der Waals surface area contributed by atoms with Gasteiger partial charge in [-0.2, -0.15) is 0 Å². The average molecular weight is 394 g/mol. The van der Waals surface area contributed by atoms with Gasteiger partial charge >= 0.3 is 0 Å². The standard InChI is InChI=1S/C24H31N3O2/c1-19(2)27-16-14-25-24(29)22(27)17-23(28)26(18-21-11-7-4-8-12-21)15-13-20-9-5-3-6-10-20/h3-12,19,22H,13-18H2,1-2H3,(H,25,29). The van der Waals surface area contributed by atoms with E-state index in [9.17, 15) is 9.59 Å². The van der Waals surface area contributed by atoms with Crippen molar-refractivity contribution in [1.29, 1.82) is 0 Å². The fraction of sp³-hybridized carbons (Fsp3) is 0.417. The summed E-state index contributed by atoms with van der Waals surface area (Å²) in [4.78, 5) is 29.8. The predicted molar refractivity (Wildman–Crippen MR) is 115 cm³/mol. The lowest BCUT2D eigenvalue weighted by Gasteiger charge is -2.38. The van der Waals surface area contributed by atoms with Crippen LogP contribution in [-0.4, -0.2) is 53.3 Å². The van der Waals surface area contributed by atoms with Gasteiger partial charge in [0.05, 0.1) is 12.5 Å². The van der Waals surface area contributed by atoms with Crippen molar-refractivity contribution in [2.45, 2.75) is 45.3 Å². The molecule has 1 unspecified atom stereocenters. The van der Waals surface area contributed by atoms with Crippen molar-refractivity contribution < 1.29 is 9.59 Å². The van der Waals surface area contributed by atoms with E-state index in [2.05, 4.69) is 36.2 Å². The van der Waals surface area contributed by atoms with Crippen LogP contribution in [0.15, 0.2) is 60.7 Å². The summed E-state index contributed by atoms with van der Waals surface area (Å²) in [5, 5.41) is 2.92. The van der Waals surface area contributed by atoms with E-state index in [-0.39, 0.29) is 24.3 Å². The number of rotatable bonds is 8. The van der Waals surface area contributed by atoms with Crippen molar-refractivity contribution >= 4 is 11.8 Å². The summed E-state index contributed by atoms with van der Waals surface area (Å²) in [6.45, 7) is 6.77. The lowest BCUT2D eigenvalue weighted by Crippen LogP contribution is -2.58. The van der Waals surface area contributed by atoms with Crippen LogP contribution in [0.1, 0.15) is 31.4 Å². The van der Waals surface area contributed by atoms with Crippen molar-refractivity contribution in [1.82, 2.24) is 15.1 Å². The molecule has 29 heavy (non-hydrogen) atoms. The highest BCUT2D eigenvalue weighted by Gasteiger charge is 2.34. The molecule has 2 aromatic rings. The summed E-state index contributed by atoms with van der Waals surface area (Å²) in [7, 11) is 0. The van der Waals surface area contributed by atoms with Gasteiger partial charge in [0.15, 0.2) is 0 Å². The van der Waals surface area contributed by atoms with Crippen LogP contribution in [0.2, 0.25) is 0 Å². The first-order chi connectivity index (χ1) is 14.0. The van der Waals surface area contributed by atoms with Crippen molar-refractivity contribution in [3.8, 4) is 0 Å². The smallest absolute Gasteiger partial charge is 0.237 e. The molecule has 2 amide bonds. The number of hydrogen-bond donors (Lipinski definition) is 1. The van der Waals surface area contributed by atoms with Gasteiger partial charge in [-0.25, -0.2) is 0 Å². The molecule has 0 radical (unpaired) electrons. The van der Waals surface area contributed by atoms with E-state index >= 15 is 0 Å². The second-order valence-electron chi connectivity index (χ2n) is 7.88. The third-order valence-corrected chi connectivity index (χ3v) is 5.49. The van der Waals surface area contributed by atoms with Crippen LogP contribution in [0.3, 0.4) is 0 Å². The minimum atomic E-state index is -0.397. The fourth-order valence-corrected chi connectivity index (χ4v) is 3.86. The summed E-state index contributed by atoms with van der Waals surface area (Å²) in [5.41, 5.74) is 2.31. The minimum Gasteiger partial charge on any atom is -0.353 e. The number of carbonyl (C=O) groups is 2. The van der Waals surface area contributed by atoms with Gasteiger partial charge in [0, 0.05) is 32.2 Å². The Morgan fingerprint density at radius 2 is 1.69 bits per heavy atom. The first kappa shape index (κ1) is 21.1. The largest absolute Gasteiger partial charge is 0.353 e. The molecule has 1 atom stereocenters. The zero-order valence-electron chi connectivity index (χ0n) is 17.4. The Bertz CT molecular complexity index is 792. The molecule has 2 aromatic carbocycles. The second-order valence-corrected chi connectivity index (χ2v) is 7.88. The molecule has 0 spiro atoms. The molecular weight excluding hydrogens is 362 g/mol. The highest BCUT2D eigenvalue weighted by Crippen LogP contribution is 2.16. The van der Waals surface area contributed by atoms with Gasteiger partial charge in [0.25, 0.3) is 0 Å². The van der Waals surface area contributed by atoms with Gasteiger partial charge in [-0.05, 0) is 31.4 Å². The highest BCUT2D eigenvalue weighted by atomic mass is 16.2. The number of benzene rings is 2. The third-order valence-electron chi connectivity index (χ3n) is 5.49. The number of piperazine rings is 1. The van der Waals surface area contributed by atoms with Crippen molar-refractivity contribution in [3.05, 3.63) is 71.8 Å². The van der Waals surface area contributed by atoms with Crippen LogP contribution in [-0.2, 0) is 22.6 Å². The lowest BCUT2D eigenvalue weighted by molar-refractivity contribution is -0.140. The topological polar surface area (TPSA) is 52.7 Å². The van der Waals surface area contributed by atoms with Crippen LogP contribution in [0.4, 0.5) is 0 Å². The van der Waals surface area contributed by atoms with Crippen LogP contribution in [0, 0.1) is 0 Å². The summed E-state index contributed by atoms with van der Waals surface area (Å²) in [5.74, 6) is -0.0153. The summed E-state index contributed by atoms with van der Waals surface area (Å²) in [6, 6.07) is 20.1. The Kier molecular flexibility index (Phi) is 7.42. The summed E-state index contributed by atoms with van der Waals surface area (Å²) >= 11 is 0. The molecule has 0 aromatic heterocycles. The van der Waals surface area contributed by atoms with E-state index in [1.807, 2.05) is 53.4 Å². The zero-order chi connectivity index (χ0) is 20.6. The Morgan fingerprint density at radius 3 is 2.31 bits per heavy atom. The molecule has 1 aliphatic heterocycles. The Labute approximate surface area is 173 Å². The molecule has 0 saturated carbocycles. The number of nitrogens with zero attached hydrogens (tertiary/aromatic N) is 2. The van der Waals surface area contributed by atoms with Gasteiger partial charge in [-0.15, -0.1) is 0 Å². The molecular formula is C24H31N3O2. The van der Waals surface area contributed by atoms with Crippen LogP contribution in [0.25, 0.3) is 0 Å². The average Bonchev–Trinajstić information content (AvgIpc) is 2.73. The van der Waals surface area contributed by atoms with Gasteiger partial charge < -0.3 is 10.2 Å². The molecule has 5 nitrogen and oxygen atoms in total. The van der Waals surface area contributed by atoms with Crippen molar-refractivity contribution in [3.63, 3.8) is 0 Å². The molecule has 1 aliphatic rings. The predicted octanol–water partition coefficient (Wildman–Crippen LogP) is 2.86. The Hall–Kier alpha value is -2.66. The van der Waals surface area contributed by atoms with Crippen molar-refractivity contribution in [2.75, 3.05) is 19.6 Å². The number of nitrogens with one attached hydrogen (secondary N) is 1. The molecule has 154 valence electrons. The van der Waals surface area contributed by atoms with Gasteiger partial charge in [0.2, 0.25) is 11.8 Å². The van der Waals surface area contributed by atoms with Crippen LogP contribution in [0.5, 0.6) is 0 Å². The zero-order valence-corrected chi connectivity index (χ0v) is 17.4. The molecule has 1 N–H and O–H groups in total. The fourth-order valence-electron chi connectivity index (χ4n) is 3.86. The third kappa shape index (κ3) is 5.91. The van der Waals surface area contributed by atoms with E-state index in [1.165, 1.54) is 5.56 Å². The lowest BCUT2D eigenvalue weighted by atomic mass is 10.0. The Morgan fingerprint density at radius 1 is 1.07 bits per heavy atom. The van der Waals surface area contributed by atoms with Gasteiger partial charge in [-0.1, -0.05) is 60.7 Å². The van der Waals surface area contributed by atoms with Crippen molar-refractivity contribution in [2.24, 2.45) is 0 Å². The second kappa shape index (κ2) is 10.2. The van der Waals surface area contributed by atoms with E-state index in [1.54, 1.807) is 0 Å². The maximum atomic E-state index is 13.3. The Balaban J connectivity index is 1.72. The molecule has 1 fully saturated rings. The van der Waals surface area contributed by atoms with E-state index in [0.29, 0.717) is 19.6 Å². The van der Waals surface area contributed by atoms with E-state index in [0.717, 1.165) is 18.5 Å². The first-order valence-corrected chi connectivity index (χ1v) is 10.4. The molecule has 1 heterocycles. The maximum absolute atomic E-state index is 13.3. The molecule has 0 aliphatic carbocycles. The highest BCUT2D eigenvalue weighted by molar-refractivity contribution is 5.89. The summed E-state index contributed by atoms with van der Waals surface area (Å²) < 4.78 is 0. The molecule has 0 bridgehead atoms. The van der Waals surface area contributed by atoms with Gasteiger partial charge in [-0.3, -0.25) is 14.5 Å². The molecule has 1 saturated heterocycles. The molecule has 3 rings (SSSR count). The van der Waals surface area contributed by atoms with E-state index < -0.39 is 6.04 Å². The van der Waals surface area contributed by atoms with Gasteiger partial charge in [0.1, 0.15) is 0 Å². The van der Waals surface area contributed by atoms with Crippen LogP contribution < -0.4 is 5.32 Å². The maximum Gasteiger partial charge on any atom is 0.237 e. The first-order valence-electron chi connectivity index (χ1n) is 10.4. The quantitative estimate of drug-likeness (QED) is 0.750. The SMILES string of the molecule is CC(C)N1CCNC(=O)C1CC(=O)N(CCc1ccccc1)Cc1ccccc1.